The van der Waals surface area contributed by atoms with E-state index in [9.17, 15) is 10.2 Å². The summed E-state index contributed by atoms with van der Waals surface area (Å²) in [5.41, 5.74) is 0. The van der Waals surface area contributed by atoms with Crippen LogP contribution in [-0.4, -0.2) is 22.4 Å². The van der Waals surface area contributed by atoms with Gasteiger partial charge in [0.05, 0.1) is 12.2 Å². The molecule has 0 bridgehead atoms. The molecule has 2 fully saturated rings. The van der Waals surface area contributed by atoms with Crippen molar-refractivity contribution in [2.24, 2.45) is 11.8 Å². The van der Waals surface area contributed by atoms with Crippen LogP contribution in [0.4, 0.5) is 0 Å². The Morgan fingerprint density at radius 3 is 1.62 bits per heavy atom. The van der Waals surface area contributed by atoms with Crippen LogP contribution in [0, 0.1) is 11.8 Å². The normalized spacial score (nSPS) is 38.0. The van der Waals surface area contributed by atoms with Gasteiger partial charge in [0.15, 0.2) is 0 Å². The lowest BCUT2D eigenvalue weighted by atomic mass is 9.76. The third-order valence-corrected chi connectivity index (χ3v) is 5.86. The number of hydrogen-bond acceptors (Lipinski definition) is 2. The van der Waals surface area contributed by atoms with Crippen LogP contribution in [0.25, 0.3) is 0 Å². The molecule has 2 aliphatic carbocycles. The van der Waals surface area contributed by atoms with Crippen LogP contribution in [-0.2, 0) is 0 Å². The molecule has 0 radical (unpaired) electrons. The molecule has 0 aromatic heterocycles. The molecule has 2 nitrogen and oxygen atoms in total. The maximum Gasteiger partial charge on any atom is 0.0571 e. The molecule has 0 aromatic carbocycles. The van der Waals surface area contributed by atoms with Gasteiger partial charge in [-0.3, -0.25) is 0 Å². The Kier molecular flexibility index (Phi) is 8.10. The van der Waals surface area contributed by atoms with Gasteiger partial charge in [0.25, 0.3) is 0 Å². The molecular weight excluding hydrogens is 260 g/mol. The highest BCUT2D eigenvalue weighted by atomic mass is 16.3. The molecular formula is C19H36O2. The van der Waals surface area contributed by atoms with Gasteiger partial charge in [0.2, 0.25) is 0 Å². The van der Waals surface area contributed by atoms with Crippen LogP contribution in [0.3, 0.4) is 0 Å². The zero-order valence-electron chi connectivity index (χ0n) is 13.8. The molecule has 0 saturated heterocycles. The Morgan fingerprint density at radius 2 is 0.952 bits per heavy atom. The third-order valence-electron chi connectivity index (χ3n) is 5.86. The summed E-state index contributed by atoms with van der Waals surface area (Å²) in [7, 11) is 0. The van der Waals surface area contributed by atoms with E-state index in [1.54, 1.807) is 0 Å². The van der Waals surface area contributed by atoms with Gasteiger partial charge in [-0.1, -0.05) is 70.6 Å². The van der Waals surface area contributed by atoms with Crippen molar-refractivity contribution in [1.29, 1.82) is 0 Å². The first kappa shape index (κ1) is 17.3. The Balaban J connectivity index is 1.90. The fourth-order valence-corrected chi connectivity index (χ4v) is 4.51. The number of hydrogen-bond donors (Lipinski definition) is 2. The summed E-state index contributed by atoms with van der Waals surface area (Å²) in [5, 5.41) is 20.5. The molecule has 2 heteroatoms. The zero-order valence-corrected chi connectivity index (χ0v) is 13.8. The second-order valence-corrected chi connectivity index (χ2v) is 7.56. The second kappa shape index (κ2) is 9.84. The van der Waals surface area contributed by atoms with Gasteiger partial charge in [-0.05, 0) is 37.5 Å². The average Bonchev–Trinajstić information content (AvgIpc) is 2.58. The van der Waals surface area contributed by atoms with E-state index in [0.717, 1.165) is 25.2 Å². The van der Waals surface area contributed by atoms with E-state index in [0.29, 0.717) is 5.92 Å². The summed E-state index contributed by atoms with van der Waals surface area (Å²) in [6.45, 7) is 0. The van der Waals surface area contributed by atoms with Crippen molar-refractivity contribution in [2.45, 2.75) is 109 Å². The standard InChI is InChI=1S/C19H36O2/c20-17-12-8-6-10-16(11-7-9-13-17)18-14-4-2-1-3-5-15-19(18)21/h16-21H,1-15H2. The molecule has 2 aliphatic rings. The van der Waals surface area contributed by atoms with Crippen LogP contribution < -0.4 is 0 Å². The average molecular weight is 296 g/mol. The van der Waals surface area contributed by atoms with E-state index in [4.69, 9.17) is 0 Å². The van der Waals surface area contributed by atoms with E-state index < -0.39 is 0 Å². The first-order chi connectivity index (χ1) is 10.3. The van der Waals surface area contributed by atoms with E-state index >= 15 is 0 Å². The summed E-state index contributed by atoms with van der Waals surface area (Å²) in [5.74, 6) is 1.28. The summed E-state index contributed by atoms with van der Waals surface area (Å²) in [6.07, 6.45) is 18.1. The SMILES string of the molecule is OC1CCCCC(C2CCCCCCCC2O)CCCC1. The van der Waals surface area contributed by atoms with E-state index in [-0.39, 0.29) is 12.2 Å². The second-order valence-electron chi connectivity index (χ2n) is 7.56. The molecule has 0 aliphatic heterocycles. The van der Waals surface area contributed by atoms with Crippen molar-refractivity contribution < 1.29 is 10.2 Å². The van der Waals surface area contributed by atoms with Crippen molar-refractivity contribution in [3.8, 4) is 0 Å². The minimum atomic E-state index is -0.0583. The summed E-state index contributed by atoms with van der Waals surface area (Å²) < 4.78 is 0. The van der Waals surface area contributed by atoms with Crippen LogP contribution in [0.1, 0.15) is 96.3 Å². The lowest BCUT2D eigenvalue weighted by Crippen LogP contribution is -2.28. The predicted octanol–water partition coefficient (Wildman–Crippen LogP) is 4.82. The fourth-order valence-electron chi connectivity index (χ4n) is 4.51. The van der Waals surface area contributed by atoms with Gasteiger partial charge in [0, 0.05) is 0 Å². The molecule has 2 atom stereocenters. The minimum Gasteiger partial charge on any atom is -0.393 e. The lowest BCUT2D eigenvalue weighted by molar-refractivity contribution is 0.0481. The van der Waals surface area contributed by atoms with Gasteiger partial charge in [-0.15, -0.1) is 0 Å². The zero-order chi connectivity index (χ0) is 14.9. The van der Waals surface area contributed by atoms with Crippen molar-refractivity contribution in [2.75, 3.05) is 0 Å². The Hall–Kier alpha value is -0.0800. The van der Waals surface area contributed by atoms with E-state index in [2.05, 4.69) is 0 Å². The Labute approximate surface area is 131 Å². The maximum absolute atomic E-state index is 10.6. The summed E-state index contributed by atoms with van der Waals surface area (Å²) >= 11 is 0. The molecule has 2 saturated carbocycles. The molecule has 2 rings (SSSR count). The van der Waals surface area contributed by atoms with Crippen molar-refractivity contribution in [3.05, 3.63) is 0 Å². The topological polar surface area (TPSA) is 40.5 Å². The Bertz CT molecular complexity index is 254. The largest absolute Gasteiger partial charge is 0.393 e. The van der Waals surface area contributed by atoms with E-state index in [1.807, 2.05) is 0 Å². The van der Waals surface area contributed by atoms with Crippen molar-refractivity contribution in [3.63, 3.8) is 0 Å². The molecule has 0 spiro atoms. The summed E-state index contributed by atoms with van der Waals surface area (Å²) in [6, 6.07) is 0. The molecule has 2 N–H and O–H groups in total. The summed E-state index contributed by atoms with van der Waals surface area (Å²) in [4.78, 5) is 0. The van der Waals surface area contributed by atoms with E-state index in [1.165, 1.54) is 77.0 Å². The molecule has 0 aromatic rings. The highest BCUT2D eigenvalue weighted by Crippen LogP contribution is 2.35. The van der Waals surface area contributed by atoms with Gasteiger partial charge in [-0.25, -0.2) is 0 Å². The van der Waals surface area contributed by atoms with Crippen LogP contribution in [0.15, 0.2) is 0 Å². The monoisotopic (exact) mass is 296 g/mol. The molecule has 21 heavy (non-hydrogen) atoms. The van der Waals surface area contributed by atoms with Gasteiger partial charge in [-0.2, -0.15) is 0 Å². The molecule has 2 unspecified atom stereocenters. The van der Waals surface area contributed by atoms with Crippen LogP contribution in [0.2, 0.25) is 0 Å². The molecule has 0 amide bonds. The first-order valence-electron chi connectivity index (χ1n) is 9.63. The highest BCUT2D eigenvalue weighted by Gasteiger charge is 2.28. The fraction of sp³-hybridized carbons (Fsp3) is 1.00. The van der Waals surface area contributed by atoms with Gasteiger partial charge < -0.3 is 10.2 Å². The number of rotatable bonds is 1. The lowest BCUT2D eigenvalue weighted by Gasteiger charge is -2.32. The quantitative estimate of drug-likeness (QED) is 0.728. The predicted molar refractivity (Wildman–Crippen MR) is 88.2 cm³/mol. The van der Waals surface area contributed by atoms with Crippen LogP contribution >= 0.6 is 0 Å². The van der Waals surface area contributed by atoms with Gasteiger partial charge >= 0.3 is 0 Å². The Morgan fingerprint density at radius 1 is 0.476 bits per heavy atom. The number of aliphatic hydroxyl groups is 2. The number of aliphatic hydroxyl groups excluding tert-OH is 2. The van der Waals surface area contributed by atoms with Gasteiger partial charge in [0.1, 0.15) is 0 Å². The van der Waals surface area contributed by atoms with Crippen molar-refractivity contribution >= 4 is 0 Å². The molecule has 0 heterocycles. The molecule has 124 valence electrons. The third kappa shape index (κ3) is 6.28. The first-order valence-corrected chi connectivity index (χ1v) is 9.63. The highest BCUT2D eigenvalue weighted by molar-refractivity contribution is 4.79. The maximum atomic E-state index is 10.6. The van der Waals surface area contributed by atoms with Crippen LogP contribution in [0.5, 0.6) is 0 Å². The minimum absolute atomic E-state index is 0.0540. The van der Waals surface area contributed by atoms with Crippen molar-refractivity contribution in [1.82, 2.24) is 0 Å². The smallest absolute Gasteiger partial charge is 0.0571 e.